The van der Waals surface area contributed by atoms with E-state index in [1.54, 1.807) is 56.0 Å². The lowest BCUT2D eigenvalue weighted by atomic mass is 10.1. The van der Waals surface area contributed by atoms with E-state index >= 15 is 0 Å². The van der Waals surface area contributed by atoms with Crippen molar-refractivity contribution in [1.29, 1.82) is 0 Å². The van der Waals surface area contributed by atoms with Crippen LogP contribution >= 0.6 is 0 Å². The van der Waals surface area contributed by atoms with Crippen LogP contribution in [-0.4, -0.2) is 95.5 Å². The SMILES string of the molecule is CC(C)(C)OC(=O)N1CCCC1CNCC(=O)c1cccc(COCc2ccc(C(=O)CNC(=O)C3CCCN3C(=O)OC(C)(C)C)cc2)c1. The van der Waals surface area contributed by atoms with E-state index in [0.29, 0.717) is 56.8 Å². The smallest absolute Gasteiger partial charge is 0.410 e. The maximum atomic E-state index is 12.9. The van der Waals surface area contributed by atoms with Gasteiger partial charge in [0.05, 0.1) is 26.3 Å². The standard InChI is InChI=1S/C38H52N4O8/c1-37(2,3)49-35(46)41-18-8-12-30(41)21-39-22-32(43)29-11-7-10-27(20-29)25-48-24-26-14-16-28(17-15-26)33(44)23-40-34(45)31-13-9-19-42(31)36(47)50-38(4,5)6/h7,10-11,14-17,20,30-31,39H,8-9,12-13,18-19,21-25H2,1-6H3,(H,40,45). The lowest BCUT2D eigenvalue weighted by molar-refractivity contribution is -0.125. The molecule has 0 spiro atoms. The number of nitrogens with one attached hydrogen (secondary N) is 2. The van der Waals surface area contributed by atoms with Crippen LogP contribution in [0.2, 0.25) is 0 Å². The third-order valence-corrected chi connectivity index (χ3v) is 8.34. The molecular weight excluding hydrogens is 640 g/mol. The van der Waals surface area contributed by atoms with Gasteiger partial charge < -0.3 is 29.7 Å². The number of benzene rings is 2. The van der Waals surface area contributed by atoms with E-state index in [0.717, 1.165) is 24.0 Å². The molecule has 0 saturated carbocycles. The van der Waals surface area contributed by atoms with Crippen molar-refractivity contribution in [3.8, 4) is 0 Å². The fourth-order valence-corrected chi connectivity index (χ4v) is 5.94. The Morgan fingerprint density at radius 1 is 0.720 bits per heavy atom. The van der Waals surface area contributed by atoms with E-state index in [1.165, 1.54) is 4.90 Å². The molecule has 2 aromatic rings. The average molecular weight is 693 g/mol. The van der Waals surface area contributed by atoms with Gasteiger partial charge in [-0.15, -0.1) is 0 Å². The van der Waals surface area contributed by atoms with Crippen LogP contribution in [0.5, 0.6) is 0 Å². The number of carbonyl (C=O) groups excluding carboxylic acids is 5. The third-order valence-electron chi connectivity index (χ3n) is 8.34. The summed E-state index contributed by atoms with van der Waals surface area (Å²) in [5.74, 6) is -0.662. The van der Waals surface area contributed by atoms with Crippen molar-refractivity contribution in [1.82, 2.24) is 20.4 Å². The number of ether oxygens (including phenoxy) is 3. The van der Waals surface area contributed by atoms with Gasteiger partial charge in [-0.1, -0.05) is 42.5 Å². The zero-order valence-electron chi connectivity index (χ0n) is 30.2. The van der Waals surface area contributed by atoms with Crippen LogP contribution < -0.4 is 10.6 Å². The molecule has 2 aromatic carbocycles. The molecule has 0 aliphatic carbocycles. The minimum atomic E-state index is -0.663. The second-order valence-corrected chi connectivity index (χ2v) is 14.9. The molecule has 0 bridgehead atoms. The minimum absolute atomic E-state index is 0.00856. The quantitative estimate of drug-likeness (QED) is 0.268. The van der Waals surface area contributed by atoms with Gasteiger partial charge in [0.25, 0.3) is 0 Å². The highest BCUT2D eigenvalue weighted by atomic mass is 16.6. The van der Waals surface area contributed by atoms with Crippen LogP contribution in [0.3, 0.4) is 0 Å². The number of hydrogen-bond donors (Lipinski definition) is 2. The summed E-state index contributed by atoms with van der Waals surface area (Å²) in [5.41, 5.74) is 1.54. The molecule has 4 rings (SSSR count). The fourth-order valence-electron chi connectivity index (χ4n) is 5.94. The van der Waals surface area contributed by atoms with Crippen molar-refractivity contribution in [3.63, 3.8) is 0 Å². The Bertz CT molecular complexity index is 1510. The molecule has 2 fully saturated rings. The van der Waals surface area contributed by atoms with E-state index in [2.05, 4.69) is 10.6 Å². The topological polar surface area (TPSA) is 144 Å². The Labute approximate surface area is 295 Å². The van der Waals surface area contributed by atoms with E-state index in [9.17, 15) is 24.0 Å². The highest BCUT2D eigenvalue weighted by Gasteiger charge is 2.37. The van der Waals surface area contributed by atoms with Crippen LogP contribution in [0.1, 0.15) is 99.1 Å². The van der Waals surface area contributed by atoms with Crippen molar-refractivity contribution in [3.05, 3.63) is 70.8 Å². The van der Waals surface area contributed by atoms with Crippen molar-refractivity contribution in [2.75, 3.05) is 32.7 Å². The molecule has 2 unspecified atom stereocenters. The number of ketones is 2. The number of Topliss-reactive ketones (excluding diaryl/α,β-unsaturated/α-hetero) is 2. The monoisotopic (exact) mass is 692 g/mol. The lowest BCUT2D eigenvalue weighted by Crippen LogP contribution is -2.48. The van der Waals surface area contributed by atoms with Crippen LogP contribution in [-0.2, 0) is 32.2 Å². The van der Waals surface area contributed by atoms with E-state index in [1.807, 2.05) is 39.0 Å². The first-order valence-electron chi connectivity index (χ1n) is 17.4. The number of amides is 3. The molecule has 2 atom stereocenters. The zero-order valence-corrected chi connectivity index (χ0v) is 30.2. The number of rotatable bonds is 13. The van der Waals surface area contributed by atoms with Crippen molar-refractivity contribution >= 4 is 29.7 Å². The van der Waals surface area contributed by atoms with Gasteiger partial charge in [-0.2, -0.15) is 0 Å². The first kappa shape index (κ1) is 38.5. The van der Waals surface area contributed by atoms with Crippen molar-refractivity contribution in [2.24, 2.45) is 0 Å². The predicted octanol–water partition coefficient (Wildman–Crippen LogP) is 5.27. The maximum absolute atomic E-state index is 12.9. The van der Waals surface area contributed by atoms with Gasteiger partial charge in [0.15, 0.2) is 11.6 Å². The van der Waals surface area contributed by atoms with Crippen molar-refractivity contribution in [2.45, 2.75) is 104 Å². The molecule has 2 aliphatic heterocycles. The molecule has 3 amide bonds. The summed E-state index contributed by atoms with van der Waals surface area (Å²) >= 11 is 0. The minimum Gasteiger partial charge on any atom is -0.444 e. The third kappa shape index (κ3) is 11.7. The van der Waals surface area contributed by atoms with Crippen LogP contribution in [0, 0.1) is 0 Å². The molecule has 2 N–H and O–H groups in total. The number of likely N-dealkylation sites (tertiary alicyclic amines) is 2. The average Bonchev–Trinajstić information content (AvgIpc) is 3.73. The molecular formula is C38H52N4O8. The van der Waals surface area contributed by atoms with E-state index in [4.69, 9.17) is 14.2 Å². The molecule has 0 radical (unpaired) electrons. The molecule has 50 heavy (non-hydrogen) atoms. The molecule has 272 valence electrons. The Morgan fingerprint density at radius 3 is 2.00 bits per heavy atom. The van der Waals surface area contributed by atoms with Gasteiger partial charge in [-0.05, 0) is 84.4 Å². The first-order chi connectivity index (χ1) is 23.6. The Morgan fingerprint density at radius 2 is 1.32 bits per heavy atom. The highest BCUT2D eigenvalue weighted by molar-refractivity contribution is 6.00. The van der Waals surface area contributed by atoms with Crippen molar-refractivity contribution < 1.29 is 38.2 Å². The molecule has 2 heterocycles. The molecule has 12 nitrogen and oxygen atoms in total. The number of carbonyl (C=O) groups is 5. The van der Waals surface area contributed by atoms with E-state index in [-0.39, 0.29) is 42.7 Å². The lowest BCUT2D eigenvalue weighted by Gasteiger charge is -2.28. The van der Waals surface area contributed by atoms with Gasteiger partial charge in [-0.25, -0.2) is 9.59 Å². The number of nitrogens with zero attached hydrogens (tertiary/aromatic N) is 2. The number of hydrogen-bond acceptors (Lipinski definition) is 9. The summed E-state index contributed by atoms with van der Waals surface area (Å²) in [7, 11) is 0. The Kier molecular flexibility index (Phi) is 13.2. The van der Waals surface area contributed by atoms with Crippen LogP contribution in [0.4, 0.5) is 9.59 Å². The Balaban J connectivity index is 1.18. The largest absolute Gasteiger partial charge is 0.444 e. The molecule has 0 aromatic heterocycles. The van der Waals surface area contributed by atoms with Gasteiger partial charge in [0.2, 0.25) is 5.91 Å². The highest BCUT2D eigenvalue weighted by Crippen LogP contribution is 2.22. The van der Waals surface area contributed by atoms with Crippen LogP contribution in [0.25, 0.3) is 0 Å². The fraction of sp³-hybridized carbons (Fsp3) is 0.553. The summed E-state index contributed by atoms with van der Waals surface area (Å²) < 4.78 is 16.8. The normalized spacial score (nSPS) is 17.8. The van der Waals surface area contributed by atoms with Gasteiger partial charge in [0.1, 0.15) is 17.2 Å². The summed E-state index contributed by atoms with van der Waals surface area (Å²) in [6, 6.07) is 13.6. The summed E-state index contributed by atoms with van der Waals surface area (Å²) in [4.78, 5) is 66.7. The van der Waals surface area contributed by atoms with Gasteiger partial charge in [-0.3, -0.25) is 19.3 Å². The summed E-state index contributed by atoms with van der Waals surface area (Å²) in [6.45, 7) is 13.1. The summed E-state index contributed by atoms with van der Waals surface area (Å²) in [6.07, 6.45) is 2.13. The van der Waals surface area contributed by atoms with Crippen LogP contribution in [0.15, 0.2) is 48.5 Å². The molecule has 2 aliphatic rings. The zero-order chi connectivity index (χ0) is 36.5. The second kappa shape index (κ2) is 17.1. The Hall–Kier alpha value is -4.29. The summed E-state index contributed by atoms with van der Waals surface area (Å²) in [5, 5.41) is 5.89. The van der Waals surface area contributed by atoms with E-state index < -0.39 is 23.3 Å². The molecule has 2 saturated heterocycles. The first-order valence-corrected chi connectivity index (χ1v) is 17.4. The predicted molar refractivity (Wildman–Crippen MR) is 188 cm³/mol. The van der Waals surface area contributed by atoms with Gasteiger partial charge >= 0.3 is 12.2 Å². The van der Waals surface area contributed by atoms with Gasteiger partial charge in [0, 0.05) is 36.8 Å². The second-order valence-electron chi connectivity index (χ2n) is 14.9. The maximum Gasteiger partial charge on any atom is 0.410 e. The molecule has 12 heteroatoms.